The molecule has 0 unspecified atom stereocenters. The Kier molecular flexibility index (Phi) is 2.47. The molecule has 2 rings (SSSR count). The van der Waals surface area contributed by atoms with Crippen LogP contribution < -0.4 is 0 Å². The summed E-state index contributed by atoms with van der Waals surface area (Å²) in [5, 5.41) is 16.4. The van der Waals surface area contributed by atoms with Gasteiger partial charge in [-0.2, -0.15) is 0 Å². The van der Waals surface area contributed by atoms with E-state index in [-0.39, 0.29) is 12.4 Å². The van der Waals surface area contributed by atoms with Gasteiger partial charge in [0.05, 0.1) is 5.69 Å². The number of halogens is 1. The fourth-order valence-corrected chi connectivity index (χ4v) is 1.43. The van der Waals surface area contributed by atoms with Crippen molar-refractivity contribution in [3.05, 3.63) is 41.7 Å². The minimum absolute atomic E-state index is 0.226. The molecule has 2 aromatic rings. The first-order valence-electron chi connectivity index (χ1n) is 4.49. The molecular weight excluding hydrogens is 197 g/mol. The zero-order valence-corrected chi connectivity index (χ0v) is 8.18. The molecule has 4 nitrogen and oxygen atoms in total. The molecule has 0 aliphatic carbocycles. The van der Waals surface area contributed by atoms with Crippen LogP contribution in [-0.4, -0.2) is 19.9 Å². The molecule has 78 valence electrons. The van der Waals surface area contributed by atoms with Crippen LogP contribution in [-0.2, 0) is 6.61 Å². The van der Waals surface area contributed by atoms with E-state index in [1.54, 1.807) is 23.6 Å². The normalized spacial score (nSPS) is 10.6. The van der Waals surface area contributed by atoms with E-state index in [1.807, 2.05) is 0 Å². The highest BCUT2D eigenvalue weighted by molar-refractivity contribution is 5.41. The summed E-state index contributed by atoms with van der Waals surface area (Å²) in [6.07, 6.45) is 1.45. The fourth-order valence-electron chi connectivity index (χ4n) is 1.43. The highest BCUT2D eigenvalue weighted by Gasteiger charge is 2.09. The van der Waals surface area contributed by atoms with Gasteiger partial charge in [0, 0.05) is 5.56 Å². The number of benzene rings is 1. The lowest BCUT2D eigenvalue weighted by Crippen LogP contribution is -2.03. The summed E-state index contributed by atoms with van der Waals surface area (Å²) in [7, 11) is 0. The fraction of sp³-hybridized carbons (Fsp3) is 0.200. The quantitative estimate of drug-likeness (QED) is 0.805. The van der Waals surface area contributed by atoms with Crippen molar-refractivity contribution >= 4 is 0 Å². The summed E-state index contributed by atoms with van der Waals surface area (Å²) in [4.78, 5) is 0. The number of hydrogen-bond donors (Lipinski definition) is 1. The molecule has 0 atom stereocenters. The summed E-state index contributed by atoms with van der Waals surface area (Å²) in [6, 6.07) is 4.75. The molecular formula is C10H10FN3O. The Morgan fingerprint density at radius 2 is 2.27 bits per heavy atom. The van der Waals surface area contributed by atoms with Gasteiger partial charge in [0.15, 0.2) is 5.82 Å². The molecule has 0 aliphatic heterocycles. The third kappa shape index (κ3) is 1.61. The maximum Gasteiger partial charge on any atom is 0.163 e. The second-order valence-corrected chi connectivity index (χ2v) is 3.16. The maximum atomic E-state index is 13.3. The number of aliphatic hydroxyl groups is 1. The van der Waals surface area contributed by atoms with Crippen LogP contribution >= 0.6 is 0 Å². The second kappa shape index (κ2) is 3.78. The Morgan fingerprint density at radius 1 is 1.47 bits per heavy atom. The molecule has 1 aromatic heterocycles. The van der Waals surface area contributed by atoms with Gasteiger partial charge in [-0.1, -0.05) is 6.07 Å². The van der Waals surface area contributed by atoms with Gasteiger partial charge in [-0.05, 0) is 19.1 Å². The van der Waals surface area contributed by atoms with Crippen molar-refractivity contribution in [2.24, 2.45) is 0 Å². The third-order valence-corrected chi connectivity index (χ3v) is 2.26. The topological polar surface area (TPSA) is 50.9 Å². The molecule has 0 aliphatic rings. The zero-order valence-electron chi connectivity index (χ0n) is 8.18. The van der Waals surface area contributed by atoms with Gasteiger partial charge in [-0.3, -0.25) is 4.57 Å². The van der Waals surface area contributed by atoms with Crippen LogP contribution in [0.4, 0.5) is 4.39 Å². The molecule has 1 aromatic carbocycles. The largest absolute Gasteiger partial charge is 0.388 e. The Hall–Kier alpha value is -1.75. The van der Waals surface area contributed by atoms with Crippen molar-refractivity contribution in [1.29, 1.82) is 0 Å². The molecule has 0 amide bonds. The van der Waals surface area contributed by atoms with Crippen LogP contribution in [0.3, 0.4) is 0 Å². The monoisotopic (exact) mass is 207 g/mol. The Balaban J connectivity index is 2.59. The second-order valence-electron chi connectivity index (χ2n) is 3.16. The van der Waals surface area contributed by atoms with E-state index in [0.717, 1.165) is 0 Å². The van der Waals surface area contributed by atoms with Crippen molar-refractivity contribution in [3.63, 3.8) is 0 Å². The summed E-state index contributed by atoms with van der Waals surface area (Å²) in [6.45, 7) is 1.45. The van der Waals surface area contributed by atoms with Gasteiger partial charge in [0.1, 0.15) is 18.8 Å². The number of aromatic nitrogens is 3. The van der Waals surface area contributed by atoms with Crippen LogP contribution in [0.5, 0.6) is 0 Å². The lowest BCUT2D eigenvalue weighted by Gasteiger charge is -2.08. The lowest BCUT2D eigenvalue weighted by atomic mass is 10.2. The first kappa shape index (κ1) is 9.79. The van der Waals surface area contributed by atoms with Gasteiger partial charge in [-0.25, -0.2) is 4.39 Å². The van der Waals surface area contributed by atoms with Gasteiger partial charge >= 0.3 is 0 Å². The van der Waals surface area contributed by atoms with E-state index in [1.165, 1.54) is 12.4 Å². The van der Waals surface area contributed by atoms with E-state index < -0.39 is 0 Å². The summed E-state index contributed by atoms with van der Waals surface area (Å²) in [5.41, 5.74) is 1.15. The van der Waals surface area contributed by atoms with E-state index >= 15 is 0 Å². The standard InChI is InChI=1S/C10H10FN3O/c1-7-8(11)3-2-4-9(7)14-6-12-13-10(14)5-15/h2-4,6,15H,5H2,1H3. The molecule has 5 heteroatoms. The molecule has 0 bridgehead atoms. The molecule has 1 N–H and O–H groups in total. The highest BCUT2D eigenvalue weighted by Crippen LogP contribution is 2.17. The molecule has 0 spiro atoms. The van der Waals surface area contributed by atoms with Crippen LogP contribution in [0, 0.1) is 12.7 Å². The van der Waals surface area contributed by atoms with Crippen molar-refractivity contribution in [2.75, 3.05) is 0 Å². The maximum absolute atomic E-state index is 13.3. The zero-order chi connectivity index (χ0) is 10.8. The van der Waals surface area contributed by atoms with Gasteiger partial charge in [0.2, 0.25) is 0 Å². The Morgan fingerprint density at radius 3 is 3.00 bits per heavy atom. The van der Waals surface area contributed by atoms with Crippen LogP contribution in [0.1, 0.15) is 11.4 Å². The molecule has 0 saturated heterocycles. The Bertz CT molecular complexity index is 481. The van der Waals surface area contributed by atoms with Crippen molar-refractivity contribution < 1.29 is 9.50 Å². The number of nitrogens with zero attached hydrogens (tertiary/aromatic N) is 3. The van der Waals surface area contributed by atoms with Gasteiger partial charge in [0.25, 0.3) is 0 Å². The Labute approximate surface area is 86.0 Å². The predicted molar refractivity (Wildman–Crippen MR) is 52.0 cm³/mol. The first-order valence-corrected chi connectivity index (χ1v) is 4.49. The van der Waals surface area contributed by atoms with Crippen molar-refractivity contribution in [3.8, 4) is 5.69 Å². The molecule has 0 fully saturated rings. The minimum atomic E-state index is -0.287. The van der Waals surface area contributed by atoms with E-state index in [9.17, 15) is 4.39 Å². The molecule has 15 heavy (non-hydrogen) atoms. The average Bonchev–Trinajstić information content (AvgIpc) is 2.70. The molecule has 0 saturated carbocycles. The van der Waals surface area contributed by atoms with E-state index in [0.29, 0.717) is 17.1 Å². The van der Waals surface area contributed by atoms with Gasteiger partial charge < -0.3 is 5.11 Å². The summed E-state index contributed by atoms with van der Waals surface area (Å²) < 4.78 is 14.9. The summed E-state index contributed by atoms with van der Waals surface area (Å²) >= 11 is 0. The first-order chi connectivity index (χ1) is 7.24. The SMILES string of the molecule is Cc1c(F)cccc1-n1cnnc1CO. The van der Waals surface area contributed by atoms with Crippen LogP contribution in [0.15, 0.2) is 24.5 Å². The van der Waals surface area contributed by atoms with E-state index in [4.69, 9.17) is 5.11 Å². The summed E-state index contributed by atoms with van der Waals surface area (Å²) in [5.74, 6) is 0.105. The minimum Gasteiger partial charge on any atom is -0.388 e. The third-order valence-electron chi connectivity index (χ3n) is 2.26. The van der Waals surface area contributed by atoms with Gasteiger partial charge in [-0.15, -0.1) is 10.2 Å². The molecule has 0 radical (unpaired) electrons. The number of rotatable bonds is 2. The predicted octanol–water partition coefficient (Wildman–Crippen LogP) is 1.21. The smallest absolute Gasteiger partial charge is 0.163 e. The highest BCUT2D eigenvalue weighted by atomic mass is 19.1. The average molecular weight is 207 g/mol. The number of hydrogen-bond acceptors (Lipinski definition) is 3. The van der Waals surface area contributed by atoms with E-state index in [2.05, 4.69) is 10.2 Å². The lowest BCUT2D eigenvalue weighted by molar-refractivity contribution is 0.269. The van der Waals surface area contributed by atoms with Crippen LogP contribution in [0.2, 0.25) is 0 Å². The molecule has 1 heterocycles. The van der Waals surface area contributed by atoms with Crippen molar-refractivity contribution in [1.82, 2.24) is 14.8 Å². The van der Waals surface area contributed by atoms with Crippen LogP contribution in [0.25, 0.3) is 5.69 Å². The number of aliphatic hydroxyl groups excluding tert-OH is 1. The van der Waals surface area contributed by atoms with Crippen molar-refractivity contribution in [2.45, 2.75) is 13.5 Å².